The number of anilines is 1. The summed E-state index contributed by atoms with van der Waals surface area (Å²) in [6, 6.07) is 5.78. The molecule has 1 aliphatic rings. The Labute approximate surface area is 154 Å². The van der Waals surface area contributed by atoms with Gasteiger partial charge in [0.05, 0.1) is 6.42 Å². The summed E-state index contributed by atoms with van der Waals surface area (Å²) in [6.45, 7) is 2.91. The second-order valence-corrected chi connectivity index (χ2v) is 5.90. The molecule has 3 N–H and O–H groups in total. The minimum Gasteiger partial charge on any atom is -0.481 e. The van der Waals surface area contributed by atoms with Crippen molar-refractivity contribution in [2.45, 2.75) is 38.5 Å². The van der Waals surface area contributed by atoms with Crippen LogP contribution in [-0.2, 0) is 14.4 Å². The topological polar surface area (TPSA) is 112 Å². The molecule has 2 amide bonds. The average molecular weight is 364 g/mol. The minimum absolute atomic E-state index is 0.0151. The van der Waals surface area contributed by atoms with E-state index < -0.39 is 5.97 Å². The van der Waals surface area contributed by atoms with E-state index in [2.05, 4.69) is 15.6 Å². The van der Waals surface area contributed by atoms with Crippen LogP contribution in [0, 0.1) is 0 Å². The van der Waals surface area contributed by atoms with E-state index in [0.29, 0.717) is 18.7 Å². The van der Waals surface area contributed by atoms with Crippen LogP contribution in [0.2, 0.25) is 0 Å². The van der Waals surface area contributed by atoms with Gasteiger partial charge in [-0.05, 0) is 37.8 Å². The third-order valence-electron chi connectivity index (χ3n) is 3.81. The molecule has 1 aromatic rings. The molecule has 1 aromatic heterocycles. The quantitative estimate of drug-likeness (QED) is 0.452. The maximum atomic E-state index is 11.9. The van der Waals surface area contributed by atoms with E-state index in [4.69, 9.17) is 5.11 Å². The number of carboxylic acids is 1. The number of nitrogens with one attached hydrogen (secondary N) is 2. The van der Waals surface area contributed by atoms with E-state index in [-0.39, 0.29) is 13.0 Å². The molecular weight excluding hydrogens is 336 g/mol. The van der Waals surface area contributed by atoms with Crippen molar-refractivity contribution in [3.8, 4) is 0 Å². The van der Waals surface area contributed by atoms with Crippen molar-refractivity contribution >= 4 is 24.1 Å². The number of aromatic nitrogens is 1. The highest BCUT2D eigenvalue weighted by atomic mass is 16.4. The molecule has 26 heavy (non-hydrogen) atoms. The van der Waals surface area contributed by atoms with Crippen LogP contribution in [0.5, 0.6) is 0 Å². The molecule has 144 valence electrons. The van der Waals surface area contributed by atoms with Crippen LogP contribution >= 0.6 is 0 Å². The van der Waals surface area contributed by atoms with Crippen molar-refractivity contribution in [1.29, 1.82) is 0 Å². The average Bonchev–Trinajstić information content (AvgIpc) is 2.67. The fourth-order valence-electron chi connectivity index (χ4n) is 2.46. The van der Waals surface area contributed by atoms with Gasteiger partial charge < -0.3 is 20.6 Å². The lowest BCUT2D eigenvalue weighted by Gasteiger charge is -2.26. The van der Waals surface area contributed by atoms with E-state index in [0.717, 1.165) is 44.7 Å². The fourth-order valence-corrected chi connectivity index (χ4v) is 2.46. The first-order valence-electron chi connectivity index (χ1n) is 8.95. The minimum atomic E-state index is -0.903. The molecule has 0 radical (unpaired) electrons. The van der Waals surface area contributed by atoms with Crippen LogP contribution < -0.4 is 10.6 Å². The number of nitrogens with zero attached hydrogens (tertiary/aromatic N) is 2. The lowest BCUT2D eigenvalue weighted by molar-refractivity contribution is -0.137. The fraction of sp³-hybridized carbons (Fsp3) is 0.556. The highest BCUT2D eigenvalue weighted by Gasteiger charge is 2.15. The van der Waals surface area contributed by atoms with Crippen molar-refractivity contribution in [3.63, 3.8) is 0 Å². The highest BCUT2D eigenvalue weighted by molar-refractivity contribution is 5.76. The molecule has 0 bridgehead atoms. The SMILES string of the molecule is O=C(CCCNc1ccccn1)N1CCCCC1.O=CNCCC(=O)O. The monoisotopic (exact) mass is 364 g/mol. The summed E-state index contributed by atoms with van der Waals surface area (Å²) < 4.78 is 0. The summed E-state index contributed by atoms with van der Waals surface area (Å²) in [7, 11) is 0. The van der Waals surface area contributed by atoms with Crippen molar-refractivity contribution in [2.24, 2.45) is 0 Å². The number of amides is 2. The van der Waals surface area contributed by atoms with Crippen LogP contribution in [-0.4, -0.2) is 59.5 Å². The van der Waals surface area contributed by atoms with Gasteiger partial charge in [0.1, 0.15) is 5.82 Å². The predicted molar refractivity (Wildman–Crippen MR) is 98.7 cm³/mol. The summed E-state index contributed by atoms with van der Waals surface area (Å²) >= 11 is 0. The number of rotatable bonds is 9. The Morgan fingerprint density at radius 2 is 1.92 bits per heavy atom. The van der Waals surface area contributed by atoms with Crippen LogP contribution in [0.25, 0.3) is 0 Å². The molecule has 1 aliphatic heterocycles. The number of carbonyl (C=O) groups excluding carboxylic acids is 2. The smallest absolute Gasteiger partial charge is 0.305 e. The first-order chi connectivity index (χ1) is 12.6. The summed E-state index contributed by atoms with van der Waals surface area (Å²) in [6.07, 6.45) is 7.33. The van der Waals surface area contributed by atoms with Crippen molar-refractivity contribution in [3.05, 3.63) is 24.4 Å². The highest BCUT2D eigenvalue weighted by Crippen LogP contribution is 2.10. The normalized spacial score (nSPS) is 13.2. The summed E-state index contributed by atoms with van der Waals surface area (Å²) in [5.41, 5.74) is 0. The number of piperidine rings is 1. The molecule has 2 heterocycles. The van der Waals surface area contributed by atoms with Gasteiger partial charge in [0.15, 0.2) is 0 Å². The summed E-state index contributed by atoms with van der Waals surface area (Å²) in [4.78, 5) is 37.3. The molecule has 1 saturated heterocycles. The van der Waals surface area contributed by atoms with Crippen LogP contribution in [0.15, 0.2) is 24.4 Å². The van der Waals surface area contributed by atoms with E-state index in [1.165, 1.54) is 6.42 Å². The predicted octanol–water partition coefficient (Wildman–Crippen LogP) is 1.49. The molecule has 0 saturated carbocycles. The van der Waals surface area contributed by atoms with Gasteiger partial charge in [0.2, 0.25) is 12.3 Å². The summed E-state index contributed by atoms with van der Waals surface area (Å²) in [5, 5.41) is 13.4. The number of aliphatic carboxylic acids is 1. The first kappa shape index (κ1) is 21.4. The maximum absolute atomic E-state index is 11.9. The maximum Gasteiger partial charge on any atom is 0.305 e. The third kappa shape index (κ3) is 10.3. The second-order valence-electron chi connectivity index (χ2n) is 5.90. The first-order valence-corrected chi connectivity index (χ1v) is 8.95. The van der Waals surface area contributed by atoms with Crippen LogP contribution in [0.4, 0.5) is 5.82 Å². The zero-order valence-corrected chi connectivity index (χ0v) is 15.0. The molecule has 0 aliphatic carbocycles. The van der Waals surface area contributed by atoms with Gasteiger partial charge in [0, 0.05) is 38.8 Å². The van der Waals surface area contributed by atoms with Crippen molar-refractivity contribution in [2.75, 3.05) is 31.5 Å². The van der Waals surface area contributed by atoms with Gasteiger partial charge >= 0.3 is 5.97 Å². The van der Waals surface area contributed by atoms with E-state index in [1.54, 1.807) is 6.20 Å². The number of pyridine rings is 1. The Bertz CT molecular complexity index is 533. The number of carbonyl (C=O) groups is 3. The molecule has 0 atom stereocenters. The number of hydrogen-bond donors (Lipinski definition) is 3. The number of hydrogen-bond acceptors (Lipinski definition) is 5. The lowest BCUT2D eigenvalue weighted by atomic mass is 10.1. The zero-order valence-electron chi connectivity index (χ0n) is 15.0. The Kier molecular flexibility index (Phi) is 11.2. The molecule has 8 heteroatoms. The standard InChI is InChI=1S/C14H21N3O.C4H7NO3/c18-14(17-11-4-1-5-12-17)8-6-10-16-13-7-2-3-9-15-13;6-3-5-2-1-4(7)8/h2-3,7,9H,1,4-6,8,10-12H2,(H,15,16);3H,1-2H2,(H,5,6)(H,7,8). The number of likely N-dealkylation sites (tertiary alicyclic amines) is 1. The van der Waals surface area contributed by atoms with Gasteiger partial charge in [-0.25, -0.2) is 4.98 Å². The summed E-state index contributed by atoms with van der Waals surface area (Å²) in [5.74, 6) is 0.278. The molecule has 0 spiro atoms. The van der Waals surface area contributed by atoms with Gasteiger partial charge in [-0.1, -0.05) is 6.07 Å². The van der Waals surface area contributed by atoms with Crippen molar-refractivity contribution < 1.29 is 19.5 Å². The molecular formula is C18H28N4O4. The molecule has 0 unspecified atom stereocenters. The van der Waals surface area contributed by atoms with E-state index >= 15 is 0 Å². The Balaban J connectivity index is 0.000000359. The van der Waals surface area contributed by atoms with Gasteiger partial charge in [0.25, 0.3) is 0 Å². The third-order valence-corrected chi connectivity index (χ3v) is 3.81. The molecule has 1 fully saturated rings. The Morgan fingerprint density at radius 3 is 2.54 bits per heavy atom. The Morgan fingerprint density at radius 1 is 1.15 bits per heavy atom. The van der Waals surface area contributed by atoms with Crippen LogP contribution in [0.3, 0.4) is 0 Å². The lowest BCUT2D eigenvalue weighted by Crippen LogP contribution is -2.35. The zero-order chi connectivity index (χ0) is 19.0. The second kappa shape index (κ2) is 13.6. The Hall–Kier alpha value is -2.64. The van der Waals surface area contributed by atoms with Gasteiger partial charge in [-0.15, -0.1) is 0 Å². The largest absolute Gasteiger partial charge is 0.481 e. The van der Waals surface area contributed by atoms with E-state index in [1.807, 2.05) is 23.1 Å². The van der Waals surface area contributed by atoms with Crippen molar-refractivity contribution in [1.82, 2.24) is 15.2 Å². The van der Waals surface area contributed by atoms with Gasteiger partial charge in [-0.3, -0.25) is 14.4 Å². The van der Waals surface area contributed by atoms with Gasteiger partial charge in [-0.2, -0.15) is 0 Å². The number of carboxylic acid groups (broad SMARTS) is 1. The van der Waals surface area contributed by atoms with E-state index in [9.17, 15) is 14.4 Å². The molecule has 8 nitrogen and oxygen atoms in total. The molecule has 0 aromatic carbocycles. The van der Waals surface area contributed by atoms with Crippen LogP contribution in [0.1, 0.15) is 38.5 Å². The molecule has 2 rings (SSSR count).